The third-order valence-electron chi connectivity index (χ3n) is 5.40. The number of hydrogen-bond donors (Lipinski definition) is 2. The van der Waals surface area contributed by atoms with E-state index in [-0.39, 0.29) is 30.0 Å². The summed E-state index contributed by atoms with van der Waals surface area (Å²) in [6.45, 7) is 9.13. The van der Waals surface area contributed by atoms with E-state index in [1.807, 2.05) is 30.1 Å². The van der Waals surface area contributed by atoms with Gasteiger partial charge in [0.05, 0.1) is 0 Å². The highest BCUT2D eigenvalue weighted by Crippen LogP contribution is 2.21. The van der Waals surface area contributed by atoms with Crippen LogP contribution in [0.3, 0.4) is 0 Å². The molecule has 28 heavy (non-hydrogen) atoms. The van der Waals surface area contributed by atoms with Crippen molar-refractivity contribution in [1.29, 1.82) is 0 Å². The van der Waals surface area contributed by atoms with E-state index in [9.17, 15) is 4.79 Å². The molecule has 1 aromatic rings. The van der Waals surface area contributed by atoms with Gasteiger partial charge < -0.3 is 20.4 Å². The summed E-state index contributed by atoms with van der Waals surface area (Å²) in [6.07, 6.45) is 3.49. The zero-order chi connectivity index (χ0) is 19.2. The number of benzene rings is 1. The van der Waals surface area contributed by atoms with Crippen LogP contribution in [0, 0.1) is 11.8 Å². The van der Waals surface area contributed by atoms with Gasteiger partial charge in [0, 0.05) is 45.5 Å². The molecule has 0 saturated carbocycles. The van der Waals surface area contributed by atoms with Gasteiger partial charge in [0.15, 0.2) is 5.96 Å². The first-order valence-corrected chi connectivity index (χ1v) is 10.2. The van der Waals surface area contributed by atoms with E-state index in [4.69, 9.17) is 0 Å². The summed E-state index contributed by atoms with van der Waals surface area (Å²) in [4.78, 5) is 21.0. The second-order valence-corrected chi connectivity index (χ2v) is 8.08. The largest absolute Gasteiger partial charge is 0.352 e. The molecule has 2 atom stereocenters. The van der Waals surface area contributed by atoms with E-state index in [0.717, 1.165) is 56.2 Å². The monoisotopic (exact) mass is 499 g/mol. The molecule has 1 aromatic carbocycles. The Morgan fingerprint density at radius 2 is 1.82 bits per heavy atom. The summed E-state index contributed by atoms with van der Waals surface area (Å²) in [7, 11) is 1.85. The minimum absolute atomic E-state index is 0. The van der Waals surface area contributed by atoms with Crippen molar-refractivity contribution in [2.45, 2.75) is 39.7 Å². The quantitative estimate of drug-likeness (QED) is 0.376. The van der Waals surface area contributed by atoms with Crippen LogP contribution in [0.5, 0.6) is 0 Å². The van der Waals surface area contributed by atoms with Gasteiger partial charge in [-0.1, -0.05) is 26.0 Å². The predicted octanol–water partition coefficient (Wildman–Crippen LogP) is 3.99. The molecule has 2 fully saturated rings. The Morgan fingerprint density at radius 3 is 2.46 bits per heavy atom. The van der Waals surface area contributed by atoms with Crippen LogP contribution in [-0.2, 0) is 6.54 Å². The molecule has 2 heterocycles. The highest BCUT2D eigenvalue weighted by Gasteiger charge is 2.24. The number of nitrogens with zero attached hydrogens (tertiary/aromatic N) is 3. The SMILES string of the molecule is CN=C(NCc1cccc(NC(=O)N2CCCC2)c1)N1CC(C)CC(C)C1.I. The van der Waals surface area contributed by atoms with Crippen molar-refractivity contribution in [3.63, 3.8) is 0 Å². The van der Waals surface area contributed by atoms with E-state index in [1.54, 1.807) is 0 Å². The maximum absolute atomic E-state index is 12.3. The van der Waals surface area contributed by atoms with Gasteiger partial charge in [0.2, 0.25) is 0 Å². The van der Waals surface area contributed by atoms with Crippen LogP contribution >= 0.6 is 24.0 Å². The third kappa shape index (κ3) is 6.25. The average molecular weight is 499 g/mol. The van der Waals surface area contributed by atoms with Crippen molar-refractivity contribution in [2.75, 3.05) is 38.5 Å². The molecular formula is C21H34IN5O. The minimum atomic E-state index is 0. The molecule has 0 bridgehead atoms. The van der Waals surface area contributed by atoms with Gasteiger partial charge in [0.25, 0.3) is 0 Å². The Hall–Kier alpha value is -1.51. The maximum atomic E-state index is 12.3. The third-order valence-corrected chi connectivity index (χ3v) is 5.40. The topological polar surface area (TPSA) is 60.0 Å². The average Bonchev–Trinajstić information content (AvgIpc) is 3.17. The highest BCUT2D eigenvalue weighted by molar-refractivity contribution is 14.0. The number of anilines is 1. The summed E-state index contributed by atoms with van der Waals surface area (Å²) >= 11 is 0. The maximum Gasteiger partial charge on any atom is 0.321 e. The number of likely N-dealkylation sites (tertiary alicyclic amines) is 2. The standard InChI is InChI=1S/C21H33N5O.HI/c1-16-11-17(2)15-26(14-16)20(22-3)23-13-18-7-6-8-19(12-18)24-21(27)25-9-4-5-10-25;/h6-8,12,16-17H,4-5,9-11,13-15H2,1-3H3,(H,22,23)(H,24,27);1H. The molecule has 2 unspecified atom stereocenters. The summed E-state index contributed by atoms with van der Waals surface area (Å²) < 4.78 is 0. The highest BCUT2D eigenvalue weighted by atomic mass is 127. The van der Waals surface area contributed by atoms with Crippen LogP contribution < -0.4 is 10.6 Å². The van der Waals surface area contributed by atoms with Crippen molar-refractivity contribution in [1.82, 2.24) is 15.1 Å². The fraction of sp³-hybridized carbons (Fsp3) is 0.619. The van der Waals surface area contributed by atoms with Gasteiger partial charge in [0.1, 0.15) is 0 Å². The molecule has 2 saturated heterocycles. The number of carbonyl (C=O) groups excluding carboxylic acids is 1. The molecule has 2 aliphatic heterocycles. The summed E-state index contributed by atoms with van der Waals surface area (Å²) in [6, 6.07) is 8.05. The predicted molar refractivity (Wildman–Crippen MR) is 126 cm³/mol. The van der Waals surface area contributed by atoms with Crippen LogP contribution in [0.1, 0.15) is 38.7 Å². The van der Waals surface area contributed by atoms with Crippen LogP contribution in [0.4, 0.5) is 10.5 Å². The summed E-state index contributed by atoms with van der Waals surface area (Å²) in [5, 5.41) is 6.50. The normalized spacial score (nSPS) is 22.6. The van der Waals surface area contributed by atoms with Crippen molar-refractivity contribution in [3.8, 4) is 0 Å². The number of halogens is 1. The first-order valence-electron chi connectivity index (χ1n) is 10.2. The van der Waals surface area contributed by atoms with Crippen LogP contribution in [0.15, 0.2) is 29.3 Å². The number of urea groups is 1. The molecule has 7 heteroatoms. The molecule has 2 N–H and O–H groups in total. The molecule has 0 spiro atoms. The zero-order valence-electron chi connectivity index (χ0n) is 17.3. The van der Waals surface area contributed by atoms with E-state index in [2.05, 4.69) is 40.4 Å². The van der Waals surface area contributed by atoms with Crippen molar-refractivity contribution in [2.24, 2.45) is 16.8 Å². The number of aliphatic imine (C=N–C) groups is 1. The molecule has 0 radical (unpaired) electrons. The molecule has 156 valence electrons. The minimum Gasteiger partial charge on any atom is -0.352 e. The Balaban J connectivity index is 0.00000280. The Morgan fingerprint density at radius 1 is 1.14 bits per heavy atom. The Labute approximate surface area is 186 Å². The summed E-state index contributed by atoms with van der Waals surface area (Å²) in [5.74, 6) is 2.34. The number of carbonyl (C=O) groups is 1. The molecule has 0 aromatic heterocycles. The first kappa shape index (κ1) is 22.8. The van der Waals surface area contributed by atoms with E-state index >= 15 is 0 Å². The van der Waals surface area contributed by atoms with Gasteiger partial charge in [-0.05, 0) is 48.8 Å². The molecule has 3 rings (SSSR count). The number of nitrogens with one attached hydrogen (secondary N) is 2. The Kier molecular flexibility index (Phi) is 8.85. The second kappa shape index (κ2) is 10.9. The fourth-order valence-corrected chi connectivity index (χ4v) is 4.23. The lowest BCUT2D eigenvalue weighted by Gasteiger charge is -2.37. The number of hydrogen-bond acceptors (Lipinski definition) is 2. The molecule has 2 aliphatic rings. The zero-order valence-corrected chi connectivity index (χ0v) is 19.6. The fourth-order valence-electron chi connectivity index (χ4n) is 4.23. The van der Waals surface area contributed by atoms with Gasteiger partial charge in [-0.25, -0.2) is 4.79 Å². The van der Waals surface area contributed by atoms with Crippen LogP contribution in [0.2, 0.25) is 0 Å². The smallest absolute Gasteiger partial charge is 0.321 e. The van der Waals surface area contributed by atoms with Gasteiger partial charge in [-0.15, -0.1) is 24.0 Å². The summed E-state index contributed by atoms with van der Waals surface area (Å²) in [5.41, 5.74) is 1.98. The van der Waals surface area contributed by atoms with Crippen molar-refractivity contribution >= 4 is 41.7 Å². The number of guanidine groups is 1. The van der Waals surface area contributed by atoms with Crippen molar-refractivity contribution < 1.29 is 4.79 Å². The van der Waals surface area contributed by atoms with Gasteiger partial charge >= 0.3 is 6.03 Å². The van der Waals surface area contributed by atoms with E-state index in [1.165, 1.54) is 6.42 Å². The van der Waals surface area contributed by atoms with Crippen LogP contribution in [-0.4, -0.2) is 55.0 Å². The van der Waals surface area contributed by atoms with E-state index < -0.39 is 0 Å². The van der Waals surface area contributed by atoms with Crippen LogP contribution in [0.25, 0.3) is 0 Å². The van der Waals surface area contributed by atoms with Gasteiger partial charge in [-0.3, -0.25) is 4.99 Å². The number of piperidine rings is 1. The lowest BCUT2D eigenvalue weighted by Crippen LogP contribution is -2.48. The first-order chi connectivity index (χ1) is 13.0. The lowest BCUT2D eigenvalue weighted by molar-refractivity contribution is 0.208. The number of rotatable bonds is 3. The second-order valence-electron chi connectivity index (χ2n) is 8.08. The van der Waals surface area contributed by atoms with E-state index in [0.29, 0.717) is 18.4 Å². The molecule has 6 nitrogen and oxygen atoms in total. The molecule has 0 aliphatic carbocycles. The van der Waals surface area contributed by atoms with Gasteiger partial charge in [-0.2, -0.15) is 0 Å². The lowest BCUT2D eigenvalue weighted by atomic mass is 9.92. The Bertz CT molecular complexity index is 665. The number of amides is 2. The molecule has 2 amide bonds. The van der Waals surface area contributed by atoms with Crippen molar-refractivity contribution in [3.05, 3.63) is 29.8 Å². The molecular weight excluding hydrogens is 465 g/mol.